The van der Waals surface area contributed by atoms with Crippen molar-refractivity contribution in [3.63, 3.8) is 0 Å². The molecule has 0 amide bonds. The number of carboxylic acid groups (broad SMARTS) is 1. The second kappa shape index (κ2) is 6.98. The third kappa shape index (κ3) is 4.44. The second-order valence-corrected chi connectivity index (χ2v) is 12.1. The quantitative estimate of drug-likeness (QED) is 0.490. The maximum Gasteiger partial charge on any atom is 0.314 e. The summed E-state index contributed by atoms with van der Waals surface area (Å²) in [6.45, 7) is 6.19. The van der Waals surface area contributed by atoms with E-state index in [2.05, 4.69) is 19.6 Å². The average molecular weight is 339 g/mol. The number of carboxylic acids is 1. The summed E-state index contributed by atoms with van der Waals surface area (Å²) < 4.78 is 6.09. The van der Waals surface area contributed by atoms with Crippen LogP contribution in [0, 0.1) is 11.8 Å². The molecule has 0 radical (unpaired) electrons. The Morgan fingerprint density at radius 2 is 1.95 bits per heavy atom. The van der Waals surface area contributed by atoms with E-state index < -0.39 is 20.2 Å². The number of benzene rings is 1. The molecule has 1 aliphatic carbocycles. The van der Waals surface area contributed by atoms with Crippen LogP contribution in [-0.4, -0.2) is 37.0 Å². The third-order valence-electron chi connectivity index (χ3n) is 3.61. The van der Waals surface area contributed by atoms with E-state index in [9.17, 15) is 14.7 Å². The summed E-state index contributed by atoms with van der Waals surface area (Å²) in [6, 6.07) is 9.83. The molecule has 3 atom stereocenters. The number of hydrogen-bond donors (Lipinski definition) is 1. The van der Waals surface area contributed by atoms with Gasteiger partial charge in [-0.15, -0.1) is 11.8 Å². The first-order valence-corrected chi connectivity index (χ1v) is 11.8. The minimum Gasteiger partial charge on any atom is -0.481 e. The van der Waals surface area contributed by atoms with Crippen LogP contribution >= 0.6 is 11.8 Å². The van der Waals surface area contributed by atoms with Crippen LogP contribution in [0.15, 0.2) is 35.2 Å². The molecular weight excluding hydrogens is 316 g/mol. The lowest BCUT2D eigenvalue weighted by molar-refractivity contribution is -0.146. The Morgan fingerprint density at radius 1 is 1.32 bits per heavy atom. The number of rotatable bonds is 6. The highest BCUT2D eigenvalue weighted by Gasteiger charge is 2.48. The predicted octanol–water partition coefficient (Wildman–Crippen LogP) is 3.29. The standard InChI is InChI=1S/C16H22O4SSi/c1-22(2,3)20-14-9-13(17)15(16(18)19)12(14)10-21-11-7-5-4-6-8-11/h4-8,12,14-15H,9-10H2,1-3H3,(H,18,19). The molecule has 1 fully saturated rings. The molecule has 6 heteroatoms. The number of aliphatic carboxylic acids is 1. The summed E-state index contributed by atoms with van der Waals surface area (Å²) in [5.74, 6) is -1.83. The first-order valence-electron chi connectivity index (χ1n) is 7.39. The second-order valence-electron chi connectivity index (χ2n) is 6.54. The number of Topliss-reactive ketones (excluding diaryl/α,β-unsaturated/α-hetero) is 1. The maximum atomic E-state index is 12.1. The van der Waals surface area contributed by atoms with Gasteiger partial charge >= 0.3 is 5.97 Å². The molecule has 2 rings (SSSR count). The van der Waals surface area contributed by atoms with Crippen LogP contribution in [0.1, 0.15) is 6.42 Å². The molecule has 1 saturated carbocycles. The van der Waals surface area contributed by atoms with Crippen molar-refractivity contribution < 1.29 is 19.1 Å². The van der Waals surface area contributed by atoms with Crippen molar-refractivity contribution in [1.82, 2.24) is 0 Å². The molecule has 0 bridgehead atoms. The number of carbonyl (C=O) groups excluding carboxylic acids is 1. The van der Waals surface area contributed by atoms with E-state index >= 15 is 0 Å². The van der Waals surface area contributed by atoms with Crippen molar-refractivity contribution in [3.05, 3.63) is 30.3 Å². The summed E-state index contributed by atoms with van der Waals surface area (Å²) in [6.07, 6.45) is -0.0437. The fourth-order valence-corrected chi connectivity index (χ4v) is 5.05. The van der Waals surface area contributed by atoms with Gasteiger partial charge in [0, 0.05) is 23.0 Å². The summed E-state index contributed by atoms with van der Waals surface area (Å²) in [4.78, 5) is 24.6. The number of hydrogen-bond acceptors (Lipinski definition) is 4. The van der Waals surface area contributed by atoms with Gasteiger partial charge in [-0.05, 0) is 31.8 Å². The average Bonchev–Trinajstić information content (AvgIpc) is 2.71. The van der Waals surface area contributed by atoms with Crippen molar-refractivity contribution >= 4 is 31.8 Å². The van der Waals surface area contributed by atoms with E-state index in [1.54, 1.807) is 11.8 Å². The van der Waals surface area contributed by atoms with Crippen molar-refractivity contribution in [2.45, 2.75) is 37.1 Å². The summed E-state index contributed by atoms with van der Waals surface area (Å²) in [5.41, 5.74) is 0. The van der Waals surface area contributed by atoms with Gasteiger partial charge < -0.3 is 9.53 Å². The maximum absolute atomic E-state index is 12.1. The SMILES string of the molecule is C[Si](C)(C)OC1CC(=O)C(C(=O)O)C1CSc1ccccc1. The Hall–Kier alpha value is -1.11. The molecule has 1 aromatic rings. The van der Waals surface area contributed by atoms with Gasteiger partial charge in [0.2, 0.25) is 0 Å². The van der Waals surface area contributed by atoms with Crippen molar-refractivity contribution in [1.29, 1.82) is 0 Å². The predicted molar refractivity (Wildman–Crippen MR) is 89.6 cm³/mol. The normalized spacial score (nSPS) is 25.4. The minimum absolute atomic E-state index is 0.200. The lowest BCUT2D eigenvalue weighted by Gasteiger charge is -2.28. The highest BCUT2D eigenvalue weighted by molar-refractivity contribution is 7.99. The molecule has 0 saturated heterocycles. The number of ketones is 1. The van der Waals surface area contributed by atoms with Gasteiger partial charge in [-0.1, -0.05) is 18.2 Å². The smallest absolute Gasteiger partial charge is 0.314 e. The molecule has 0 heterocycles. The first kappa shape index (κ1) is 17.2. The first-order chi connectivity index (χ1) is 10.3. The van der Waals surface area contributed by atoms with E-state index in [1.165, 1.54) is 0 Å². The largest absolute Gasteiger partial charge is 0.481 e. The zero-order valence-corrected chi connectivity index (χ0v) is 14.9. The van der Waals surface area contributed by atoms with Gasteiger partial charge in [0.15, 0.2) is 8.32 Å². The highest BCUT2D eigenvalue weighted by Crippen LogP contribution is 2.37. The third-order valence-corrected chi connectivity index (χ3v) is 5.78. The minimum atomic E-state index is -1.82. The molecular formula is C16H22O4SSi. The van der Waals surface area contributed by atoms with Crippen LogP contribution in [0.25, 0.3) is 0 Å². The summed E-state index contributed by atoms with van der Waals surface area (Å²) in [5, 5.41) is 9.39. The van der Waals surface area contributed by atoms with E-state index in [4.69, 9.17) is 4.43 Å². The fraction of sp³-hybridized carbons (Fsp3) is 0.500. The van der Waals surface area contributed by atoms with Crippen LogP contribution in [-0.2, 0) is 14.0 Å². The van der Waals surface area contributed by atoms with E-state index in [-0.39, 0.29) is 24.2 Å². The van der Waals surface area contributed by atoms with Crippen LogP contribution < -0.4 is 0 Å². The summed E-state index contributed by atoms with van der Waals surface area (Å²) >= 11 is 1.59. The van der Waals surface area contributed by atoms with E-state index in [1.807, 2.05) is 30.3 Å². The van der Waals surface area contributed by atoms with Crippen LogP contribution in [0.5, 0.6) is 0 Å². The zero-order chi connectivity index (χ0) is 16.3. The van der Waals surface area contributed by atoms with Gasteiger partial charge in [-0.2, -0.15) is 0 Å². The van der Waals surface area contributed by atoms with Gasteiger partial charge in [0.25, 0.3) is 0 Å². The van der Waals surface area contributed by atoms with Crippen molar-refractivity contribution in [3.8, 4) is 0 Å². The Bertz CT molecular complexity index is 541. The molecule has 0 aromatic heterocycles. The topological polar surface area (TPSA) is 63.6 Å². The molecule has 0 aliphatic heterocycles. The molecule has 120 valence electrons. The lowest BCUT2D eigenvalue weighted by atomic mass is 9.96. The molecule has 1 N–H and O–H groups in total. The Morgan fingerprint density at radius 3 is 2.50 bits per heavy atom. The van der Waals surface area contributed by atoms with Gasteiger partial charge in [-0.25, -0.2) is 0 Å². The Labute approximate surface area is 136 Å². The number of thioether (sulfide) groups is 1. The number of carbonyl (C=O) groups is 2. The monoisotopic (exact) mass is 338 g/mol. The van der Waals surface area contributed by atoms with Crippen LogP contribution in [0.4, 0.5) is 0 Å². The van der Waals surface area contributed by atoms with E-state index in [0.29, 0.717) is 5.75 Å². The summed E-state index contributed by atoms with van der Waals surface area (Å²) in [7, 11) is -1.82. The Balaban J connectivity index is 2.12. The fourth-order valence-electron chi connectivity index (χ4n) is 2.75. The molecule has 1 aliphatic rings. The van der Waals surface area contributed by atoms with Crippen LogP contribution in [0.3, 0.4) is 0 Å². The van der Waals surface area contributed by atoms with Crippen molar-refractivity contribution in [2.24, 2.45) is 11.8 Å². The van der Waals surface area contributed by atoms with Gasteiger partial charge in [0.1, 0.15) is 11.7 Å². The van der Waals surface area contributed by atoms with Crippen molar-refractivity contribution in [2.75, 3.05) is 5.75 Å². The van der Waals surface area contributed by atoms with E-state index in [0.717, 1.165) is 4.90 Å². The van der Waals surface area contributed by atoms with Gasteiger partial charge in [0.05, 0.1) is 6.10 Å². The molecule has 22 heavy (non-hydrogen) atoms. The molecule has 0 spiro atoms. The van der Waals surface area contributed by atoms with Gasteiger partial charge in [-0.3, -0.25) is 9.59 Å². The van der Waals surface area contributed by atoms with Crippen LogP contribution in [0.2, 0.25) is 19.6 Å². The zero-order valence-electron chi connectivity index (χ0n) is 13.1. The lowest BCUT2D eigenvalue weighted by Crippen LogP contribution is -2.37. The molecule has 1 aromatic carbocycles. The Kier molecular flexibility index (Phi) is 5.47. The molecule has 4 nitrogen and oxygen atoms in total. The molecule has 3 unspecified atom stereocenters. The highest BCUT2D eigenvalue weighted by atomic mass is 32.2.